The van der Waals surface area contributed by atoms with Crippen LogP contribution in [0.15, 0.2) is 0 Å². The van der Waals surface area contributed by atoms with Gasteiger partial charge in [0.1, 0.15) is 0 Å². The second-order valence-corrected chi connectivity index (χ2v) is 2.49. The van der Waals surface area contributed by atoms with E-state index >= 15 is 0 Å². The molecule has 2 aliphatic heterocycles. The van der Waals surface area contributed by atoms with E-state index in [1.165, 1.54) is 6.42 Å². The number of hydrogen-bond acceptors (Lipinski definition) is 6. The lowest BCUT2D eigenvalue weighted by Crippen LogP contribution is -2.49. The third kappa shape index (κ3) is 5.42. The van der Waals surface area contributed by atoms with Crippen molar-refractivity contribution in [1.29, 1.82) is 0 Å². The van der Waals surface area contributed by atoms with Crippen LogP contribution in [-0.2, 0) is 9.88 Å². The second kappa shape index (κ2) is 7.41. The topological polar surface area (TPSA) is 66.6 Å². The zero-order valence-electron chi connectivity index (χ0n) is 7.06. The lowest BCUT2D eigenvalue weighted by molar-refractivity contribution is -0.353. The summed E-state index contributed by atoms with van der Waals surface area (Å²) in [4.78, 5) is 8.78. The number of hydrazine groups is 2. The molecule has 6 nitrogen and oxygen atoms in total. The normalized spacial score (nSPS) is 24.0. The molecule has 0 aromatic rings. The van der Waals surface area contributed by atoms with Gasteiger partial charge in [-0.25, -0.2) is 15.7 Å². The fraction of sp³-hybridized carbons (Fsp3) is 1.00. The van der Waals surface area contributed by atoms with Crippen molar-refractivity contribution in [2.24, 2.45) is 0 Å². The molecule has 0 aromatic carbocycles. The monoisotopic (exact) mass is 176 g/mol. The van der Waals surface area contributed by atoms with Gasteiger partial charge >= 0.3 is 0 Å². The molecule has 0 radical (unpaired) electrons. The van der Waals surface area contributed by atoms with Crippen molar-refractivity contribution in [3.63, 3.8) is 0 Å². The van der Waals surface area contributed by atoms with Crippen LogP contribution in [0.2, 0.25) is 0 Å². The molecule has 2 heterocycles. The highest BCUT2D eigenvalue weighted by Crippen LogP contribution is 1.85. The largest absolute Gasteiger partial charge is 0.244 e. The number of rotatable bonds is 0. The first kappa shape index (κ1) is 9.85. The van der Waals surface area contributed by atoms with E-state index in [0.717, 1.165) is 26.1 Å². The third-order valence-electron chi connectivity index (χ3n) is 1.40. The first-order valence-electron chi connectivity index (χ1n) is 4.22. The highest BCUT2D eigenvalue weighted by atomic mass is 17.3. The maximum absolute atomic E-state index is 4.46. The van der Waals surface area contributed by atoms with E-state index in [4.69, 9.17) is 0 Å². The van der Waals surface area contributed by atoms with E-state index in [2.05, 4.69) is 31.7 Å². The Balaban J connectivity index is 0.000000120. The van der Waals surface area contributed by atoms with Gasteiger partial charge in [0.15, 0.2) is 0 Å². The zero-order valence-corrected chi connectivity index (χ0v) is 7.06. The van der Waals surface area contributed by atoms with Gasteiger partial charge in [-0.05, 0) is 12.8 Å². The lowest BCUT2D eigenvalue weighted by atomic mass is 10.4. The summed E-state index contributed by atoms with van der Waals surface area (Å²) < 4.78 is 0. The summed E-state index contributed by atoms with van der Waals surface area (Å²) in [5, 5.41) is 0. The van der Waals surface area contributed by atoms with Crippen LogP contribution in [0.3, 0.4) is 0 Å². The molecular formula is C6H16N4O2. The van der Waals surface area contributed by atoms with Crippen LogP contribution in [0, 0.1) is 0 Å². The average Bonchev–Trinajstić information content (AvgIpc) is 2.24. The predicted octanol–water partition coefficient (Wildman–Crippen LogP) is -1.17. The number of hydrogen-bond donors (Lipinski definition) is 4. The van der Waals surface area contributed by atoms with Gasteiger partial charge in [-0.3, -0.25) is 0 Å². The first-order chi connectivity index (χ1) is 6.00. The minimum absolute atomic E-state index is 0.715. The number of hydroxylamine groups is 1. The predicted molar refractivity (Wildman–Crippen MR) is 43.4 cm³/mol. The van der Waals surface area contributed by atoms with E-state index in [1.807, 2.05) is 0 Å². The van der Waals surface area contributed by atoms with Crippen LogP contribution in [0.4, 0.5) is 0 Å². The maximum atomic E-state index is 4.46. The molecule has 12 heavy (non-hydrogen) atoms. The fourth-order valence-electron chi connectivity index (χ4n) is 0.781. The second-order valence-electron chi connectivity index (χ2n) is 2.49. The molecule has 0 saturated carbocycles. The van der Waals surface area contributed by atoms with Crippen molar-refractivity contribution < 1.29 is 9.88 Å². The molecule has 0 spiro atoms. The fourth-order valence-corrected chi connectivity index (χ4v) is 0.781. The summed E-state index contributed by atoms with van der Waals surface area (Å²) in [6, 6.07) is 0. The molecule has 0 amide bonds. The molecule has 4 N–H and O–H groups in total. The highest BCUT2D eigenvalue weighted by molar-refractivity contribution is 4.47. The van der Waals surface area contributed by atoms with Crippen LogP contribution < -0.4 is 21.9 Å². The maximum Gasteiger partial charge on any atom is 0.0855 e. The van der Waals surface area contributed by atoms with Crippen molar-refractivity contribution in [3.8, 4) is 0 Å². The molecular weight excluding hydrogens is 160 g/mol. The van der Waals surface area contributed by atoms with E-state index in [-0.39, 0.29) is 0 Å². The summed E-state index contributed by atoms with van der Waals surface area (Å²) in [7, 11) is 0. The Morgan fingerprint density at radius 3 is 1.92 bits per heavy atom. The smallest absolute Gasteiger partial charge is 0.0855 e. The van der Waals surface area contributed by atoms with Crippen molar-refractivity contribution in [3.05, 3.63) is 0 Å². The lowest BCUT2D eigenvalue weighted by Gasteiger charge is -2.12. The molecule has 2 saturated heterocycles. The van der Waals surface area contributed by atoms with Gasteiger partial charge in [-0.2, -0.15) is 11.0 Å². The first-order valence-corrected chi connectivity index (χ1v) is 4.22. The molecule has 0 atom stereocenters. The summed E-state index contributed by atoms with van der Waals surface area (Å²) >= 11 is 0. The van der Waals surface area contributed by atoms with Crippen molar-refractivity contribution in [2.75, 3.05) is 26.2 Å². The standard InChI is InChI=1S/C3H9N3.C3H7NO2/c2*1-2-4-6-5-3-1/h4-6H,1-3H2;4H,1-3H2. The molecule has 0 bridgehead atoms. The molecule has 0 aliphatic carbocycles. The van der Waals surface area contributed by atoms with Crippen molar-refractivity contribution in [2.45, 2.75) is 12.8 Å². The van der Waals surface area contributed by atoms with Crippen LogP contribution >= 0.6 is 0 Å². The minimum atomic E-state index is 0.715. The zero-order chi connectivity index (χ0) is 8.49. The summed E-state index contributed by atoms with van der Waals surface area (Å²) in [6.07, 6.45) is 2.26. The Bertz CT molecular complexity index is 60.5. The minimum Gasteiger partial charge on any atom is -0.244 e. The Kier molecular flexibility index (Phi) is 6.08. The summed E-state index contributed by atoms with van der Waals surface area (Å²) in [6.45, 7) is 3.77. The van der Waals surface area contributed by atoms with E-state index in [1.54, 1.807) is 0 Å². The Labute approximate surface area is 71.8 Å². The molecule has 6 heteroatoms. The molecule has 2 rings (SSSR count). The van der Waals surface area contributed by atoms with Gasteiger partial charge in [0, 0.05) is 19.6 Å². The SMILES string of the molecule is C1CNNNC1.C1CNOOC1. The average molecular weight is 176 g/mol. The van der Waals surface area contributed by atoms with Crippen LogP contribution in [-0.4, -0.2) is 26.2 Å². The van der Waals surface area contributed by atoms with Gasteiger partial charge < -0.3 is 0 Å². The Hall–Kier alpha value is -0.240. The van der Waals surface area contributed by atoms with E-state index in [9.17, 15) is 0 Å². The van der Waals surface area contributed by atoms with E-state index in [0.29, 0.717) is 6.61 Å². The highest BCUT2D eigenvalue weighted by Gasteiger charge is 1.94. The molecule has 72 valence electrons. The van der Waals surface area contributed by atoms with Gasteiger partial charge in [0.25, 0.3) is 0 Å². The summed E-state index contributed by atoms with van der Waals surface area (Å²) in [5.41, 5.74) is 11.2. The van der Waals surface area contributed by atoms with Crippen LogP contribution in [0.1, 0.15) is 12.8 Å². The van der Waals surface area contributed by atoms with Crippen LogP contribution in [0.5, 0.6) is 0 Å². The van der Waals surface area contributed by atoms with Crippen LogP contribution in [0.25, 0.3) is 0 Å². The molecule has 2 aliphatic rings. The molecule has 0 unspecified atom stereocenters. The van der Waals surface area contributed by atoms with Crippen molar-refractivity contribution >= 4 is 0 Å². The van der Waals surface area contributed by atoms with Gasteiger partial charge in [-0.15, -0.1) is 4.99 Å². The van der Waals surface area contributed by atoms with Gasteiger partial charge in [-0.1, -0.05) is 0 Å². The Morgan fingerprint density at radius 2 is 1.75 bits per heavy atom. The summed E-state index contributed by atoms with van der Waals surface area (Å²) in [5.74, 6) is 0. The van der Waals surface area contributed by atoms with Crippen molar-refractivity contribution in [1.82, 2.24) is 21.9 Å². The molecule has 2 fully saturated rings. The van der Waals surface area contributed by atoms with E-state index < -0.39 is 0 Å². The van der Waals surface area contributed by atoms with Gasteiger partial charge in [0.2, 0.25) is 0 Å². The Morgan fingerprint density at radius 1 is 0.917 bits per heavy atom. The molecule has 0 aromatic heterocycles. The number of nitrogens with one attached hydrogen (secondary N) is 4. The quantitative estimate of drug-likeness (QED) is 0.349. The third-order valence-corrected chi connectivity index (χ3v) is 1.40. The van der Waals surface area contributed by atoms with Gasteiger partial charge in [0.05, 0.1) is 6.61 Å².